The molecule has 0 radical (unpaired) electrons. The molecule has 7 nitrogen and oxygen atoms in total. The molecular formula is C30H36N2O5. The molecule has 2 aromatic carbocycles. The lowest BCUT2D eigenvalue weighted by Gasteiger charge is -2.33. The van der Waals surface area contributed by atoms with E-state index in [0.29, 0.717) is 40.0 Å². The summed E-state index contributed by atoms with van der Waals surface area (Å²) in [4.78, 5) is 29.8. The zero-order valence-corrected chi connectivity index (χ0v) is 22.2. The second-order valence-corrected chi connectivity index (χ2v) is 9.81. The Hall–Kier alpha value is -3.74. The maximum absolute atomic E-state index is 14.1. The summed E-state index contributed by atoms with van der Waals surface area (Å²) in [5.41, 5.74) is 2.73. The number of nitrogens with zero attached hydrogens (tertiary/aromatic N) is 1. The van der Waals surface area contributed by atoms with Crippen molar-refractivity contribution in [2.24, 2.45) is 0 Å². The van der Waals surface area contributed by atoms with Crippen LogP contribution in [0.4, 0.5) is 5.69 Å². The van der Waals surface area contributed by atoms with Gasteiger partial charge in [0.15, 0.2) is 0 Å². The summed E-state index contributed by atoms with van der Waals surface area (Å²) < 4.78 is 16.6. The van der Waals surface area contributed by atoms with Crippen LogP contribution in [0.15, 0.2) is 59.2 Å². The molecule has 37 heavy (non-hydrogen) atoms. The monoisotopic (exact) mass is 504 g/mol. The first-order valence-corrected chi connectivity index (χ1v) is 12.8. The molecule has 1 heterocycles. The number of anilines is 1. The number of ether oxygens (including phenoxy) is 2. The van der Waals surface area contributed by atoms with Gasteiger partial charge < -0.3 is 19.2 Å². The highest BCUT2D eigenvalue weighted by atomic mass is 16.5. The van der Waals surface area contributed by atoms with Crippen molar-refractivity contribution < 1.29 is 23.5 Å². The molecule has 196 valence electrons. The first-order valence-electron chi connectivity index (χ1n) is 12.8. The van der Waals surface area contributed by atoms with E-state index in [2.05, 4.69) is 19.2 Å². The van der Waals surface area contributed by atoms with E-state index in [9.17, 15) is 9.59 Å². The minimum absolute atomic E-state index is 0.0789. The lowest BCUT2D eigenvalue weighted by Crippen LogP contribution is -2.46. The van der Waals surface area contributed by atoms with E-state index in [0.717, 1.165) is 31.2 Å². The maximum Gasteiger partial charge on any atom is 0.262 e. The number of hydrogen-bond donors (Lipinski definition) is 1. The molecule has 1 aromatic heterocycles. The van der Waals surface area contributed by atoms with Gasteiger partial charge in [0.25, 0.3) is 5.91 Å². The number of aryl methyl sites for hydroxylation is 1. The predicted molar refractivity (Wildman–Crippen MR) is 143 cm³/mol. The number of nitrogens with one attached hydrogen (secondary N) is 1. The minimum Gasteiger partial charge on any atom is -0.497 e. The number of carbonyl (C=O) groups is 2. The fourth-order valence-corrected chi connectivity index (χ4v) is 4.93. The van der Waals surface area contributed by atoms with Crippen molar-refractivity contribution in [1.82, 2.24) is 5.32 Å². The molecule has 7 heteroatoms. The topological polar surface area (TPSA) is 81.0 Å². The van der Waals surface area contributed by atoms with Crippen LogP contribution in [-0.4, -0.2) is 32.1 Å². The van der Waals surface area contributed by atoms with Gasteiger partial charge in [0, 0.05) is 23.4 Å². The Kier molecular flexibility index (Phi) is 8.21. The molecule has 0 bridgehead atoms. The first kappa shape index (κ1) is 26.3. The normalized spacial score (nSPS) is 14.4. The summed E-state index contributed by atoms with van der Waals surface area (Å²) in [5.74, 6) is 1.31. The van der Waals surface area contributed by atoms with E-state index >= 15 is 0 Å². The zero-order valence-electron chi connectivity index (χ0n) is 22.2. The highest BCUT2D eigenvalue weighted by molar-refractivity contribution is 6.10. The van der Waals surface area contributed by atoms with E-state index < -0.39 is 6.04 Å². The molecule has 3 aromatic rings. The van der Waals surface area contributed by atoms with Gasteiger partial charge in [-0.3, -0.25) is 14.5 Å². The number of benzene rings is 2. The van der Waals surface area contributed by atoms with Gasteiger partial charge in [-0.15, -0.1) is 0 Å². The third-order valence-electron chi connectivity index (χ3n) is 7.09. The van der Waals surface area contributed by atoms with Gasteiger partial charge in [0.2, 0.25) is 5.91 Å². The molecule has 2 amide bonds. The maximum atomic E-state index is 14.1. The van der Waals surface area contributed by atoms with Crippen molar-refractivity contribution >= 4 is 17.5 Å². The molecule has 1 saturated carbocycles. The highest BCUT2D eigenvalue weighted by Crippen LogP contribution is 2.37. The number of amides is 2. The van der Waals surface area contributed by atoms with Crippen LogP contribution < -0.4 is 19.7 Å². The standard InChI is InChI=1S/C30H36N2O5/c1-19(2)21-10-12-23(13-11-21)32(30(34)25-16-17-37-20(25)3)28(29(33)31-22-8-6-7-9-22)26-15-14-24(35-4)18-27(26)36-5/h10-19,22,28H,6-9H2,1-5H3,(H,31,33)/t28-/m1/s1. The van der Waals surface area contributed by atoms with Crippen molar-refractivity contribution in [3.05, 3.63) is 77.2 Å². The van der Waals surface area contributed by atoms with Crippen molar-refractivity contribution in [2.45, 2.75) is 64.5 Å². The molecule has 1 fully saturated rings. The quantitative estimate of drug-likeness (QED) is 0.377. The summed E-state index contributed by atoms with van der Waals surface area (Å²) in [6.45, 7) is 5.98. The number of carbonyl (C=O) groups excluding carboxylic acids is 2. The highest BCUT2D eigenvalue weighted by Gasteiger charge is 2.37. The molecule has 1 atom stereocenters. The minimum atomic E-state index is -0.979. The Labute approximate surface area is 218 Å². The zero-order chi connectivity index (χ0) is 26.5. The lowest BCUT2D eigenvalue weighted by molar-refractivity contribution is -0.123. The number of methoxy groups -OCH3 is 2. The molecule has 4 rings (SSSR count). The molecular weight excluding hydrogens is 468 g/mol. The SMILES string of the molecule is COc1ccc([C@H](C(=O)NC2CCCC2)N(C(=O)c2ccoc2C)c2ccc(C(C)C)cc2)c(OC)c1. The van der Waals surface area contributed by atoms with Gasteiger partial charge in [-0.05, 0) is 61.6 Å². The molecule has 0 spiro atoms. The summed E-state index contributed by atoms with van der Waals surface area (Å²) in [7, 11) is 3.13. The first-order chi connectivity index (χ1) is 17.8. The number of hydrogen-bond acceptors (Lipinski definition) is 5. The fourth-order valence-electron chi connectivity index (χ4n) is 4.93. The summed E-state index contributed by atoms with van der Waals surface area (Å²) >= 11 is 0. The van der Waals surface area contributed by atoms with Crippen LogP contribution in [0.2, 0.25) is 0 Å². The second kappa shape index (κ2) is 11.5. The average molecular weight is 505 g/mol. The van der Waals surface area contributed by atoms with E-state index in [1.165, 1.54) is 6.26 Å². The Morgan fingerprint density at radius 1 is 1.00 bits per heavy atom. The van der Waals surface area contributed by atoms with Gasteiger partial charge >= 0.3 is 0 Å². The number of furan rings is 1. The van der Waals surface area contributed by atoms with Gasteiger partial charge in [0.1, 0.15) is 23.3 Å². The van der Waals surface area contributed by atoms with E-state index in [1.807, 2.05) is 24.3 Å². The third kappa shape index (κ3) is 5.66. The van der Waals surface area contributed by atoms with Gasteiger partial charge in [-0.25, -0.2) is 0 Å². The molecule has 0 unspecified atom stereocenters. The van der Waals surface area contributed by atoms with Crippen LogP contribution >= 0.6 is 0 Å². The summed E-state index contributed by atoms with van der Waals surface area (Å²) in [6, 6.07) is 13.8. The van der Waals surface area contributed by atoms with Crippen LogP contribution in [-0.2, 0) is 4.79 Å². The summed E-state index contributed by atoms with van der Waals surface area (Å²) in [5, 5.41) is 3.21. The van der Waals surface area contributed by atoms with Gasteiger partial charge in [0.05, 0.1) is 26.0 Å². The Balaban J connectivity index is 1.88. The van der Waals surface area contributed by atoms with Crippen LogP contribution in [0.25, 0.3) is 0 Å². The average Bonchev–Trinajstić information content (AvgIpc) is 3.58. The van der Waals surface area contributed by atoms with E-state index in [-0.39, 0.29) is 17.9 Å². The van der Waals surface area contributed by atoms with Gasteiger partial charge in [-0.1, -0.05) is 38.8 Å². The second-order valence-electron chi connectivity index (χ2n) is 9.81. The van der Waals surface area contributed by atoms with Crippen molar-refractivity contribution in [2.75, 3.05) is 19.1 Å². The smallest absolute Gasteiger partial charge is 0.262 e. The van der Waals surface area contributed by atoms with Crippen molar-refractivity contribution in [3.8, 4) is 11.5 Å². The Morgan fingerprint density at radius 2 is 1.70 bits per heavy atom. The molecule has 0 aliphatic heterocycles. The Bertz CT molecular complexity index is 1230. The van der Waals surface area contributed by atoms with E-state index in [1.54, 1.807) is 50.3 Å². The lowest BCUT2D eigenvalue weighted by atomic mass is 9.98. The van der Waals surface area contributed by atoms with Crippen LogP contribution in [0, 0.1) is 6.92 Å². The largest absolute Gasteiger partial charge is 0.497 e. The van der Waals surface area contributed by atoms with E-state index in [4.69, 9.17) is 13.9 Å². The van der Waals surface area contributed by atoms with Crippen molar-refractivity contribution in [1.29, 1.82) is 0 Å². The number of rotatable bonds is 9. The van der Waals surface area contributed by atoms with Gasteiger partial charge in [-0.2, -0.15) is 0 Å². The predicted octanol–water partition coefficient (Wildman–Crippen LogP) is 6.18. The molecule has 1 N–H and O–H groups in total. The molecule has 1 aliphatic rings. The van der Waals surface area contributed by atoms with Crippen LogP contribution in [0.1, 0.15) is 78.7 Å². The van der Waals surface area contributed by atoms with Crippen molar-refractivity contribution in [3.63, 3.8) is 0 Å². The van der Waals surface area contributed by atoms with Crippen LogP contribution in [0.3, 0.4) is 0 Å². The Morgan fingerprint density at radius 3 is 2.27 bits per heavy atom. The molecule has 0 saturated heterocycles. The third-order valence-corrected chi connectivity index (χ3v) is 7.09. The molecule has 1 aliphatic carbocycles. The van der Waals surface area contributed by atoms with Crippen LogP contribution in [0.5, 0.6) is 11.5 Å². The summed E-state index contributed by atoms with van der Waals surface area (Å²) in [6.07, 6.45) is 5.50. The fraction of sp³-hybridized carbons (Fsp3) is 0.400.